The van der Waals surface area contributed by atoms with Crippen molar-refractivity contribution in [2.45, 2.75) is 31.9 Å². The van der Waals surface area contributed by atoms with E-state index in [1.807, 2.05) is 18.2 Å². The molecule has 0 amide bonds. The summed E-state index contributed by atoms with van der Waals surface area (Å²) >= 11 is 0. The van der Waals surface area contributed by atoms with Crippen LogP contribution in [0.15, 0.2) is 24.3 Å². The Labute approximate surface area is 121 Å². The van der Waals surface area contributed by atoms with Gasteiger partial charge in [0.2, 0.25) is 0 Å². The summed E-state index contributed by atoms with van der Waals surface area (Å²) in [7, 11) is 1.71. The zero-order chi connectivity index (χ0) is 14.0. The van der Waals surface area contributed by atoms with E-state index in [4.69, 9.17) is 14.2 Å². The molecule has 1 saturated heterocycles. The first-order chi connectivity index (χ1) is 9.90. The summed E-state index contributed by atoms with van der Waals surface area (Å²) in [6, 6.07) is 8.17. The van der Waals surface area contributed by atoms with Crippen molar-refractivity contribution in [2.24, 2.45) is 0 Å². The molecule has 20 heavy (non-hydrogen) atoms. The maximum atomic E-state index is 5.94. The molecule has 1 unspecified atom stereocenters. The molecule has 1 aromatic rings. The van der Waals surface area contributed by atoms with Crippen LogP contribution in [-0.2, 0) is 16.0 Å². The number of hydrogen-bond acceptors (Lipinski definition) is 4. The van der Waals surface area contributed by atoms with Crippen LogP contribution in [0.1, 0.15) is 24.8 Å². The topological polar surface area (TPSA) is 39.7 Å². The fourth-order valence-corrected chi connectivity index (χ4v) is 2.31. The van der Waals surface area contributed by atoms with Crippen molar-refractivity contribution in [1.29, 1.82) is 0 Å². The van der Waals surface area contributed by atoms with Crippen molar-refractivity contribution < 1.29 is 14.2 Å². The molecule has 0 aliphatic carbocycles. The lowest BCUT2D eigenvalue weighted by Crippen LogP contribution is -2.26. The first-order valence-corrected chi connectivity index (χ1v) is 7.42. The number of rotatable bonds is 8. The highest BCUT2D eigenvalue weighted by Crippen LogP contribution is 2.20. The van der Waals surface area contributed by atoms with E-state index in [2.05, 4.69) is 11.4 Å². The average molecular weight is 279 g/mol. The molecule has 1 aliphatic rings. The molecule has 1 aliphatic heterocycles. The molecule has 0 radical (unpaired) electrons. The summed E-state index contributed by atoms with van der Waals surface area (Å²) in [6.45, 7) is 3.88. The minimum atomic E-state index is 0.248. The molecular weight excluding hydrogens is 254 g/mol. The van der Waals surface area contributed by atoms with Crippen molar-refractivity contribution in [2.75, 3.05) is 33.5 Å². The van der Waals surface area contributed by atoms with Crippen LogP contribution in [0.25, 0.3) is 0 Å². The van der Waals surface area contributed by atoms with Crippen LogP contribution in [0.3, 0.4) is 0 Å². The highest BCUT2D eigenvalue weighted by Gasteiger charge is 2.15. The van der Waals surface area contributed by atoms with E-state index >= 15 is 0 Å². The van der Waals surface area contributed by atoms with E-state index in [1.54, 1.807) is 7.11 Å². The Bertz CT molecular complexity index is 378. The second kappa shape index (κ2) is 8.95. The van der Waals surface area contributed by atoms with E-state index in [-0.39, 0.29) is 6.10 Å². The number of para-hydroxylation sites is 1. The van der Waals surface area contributed by atoms with Crippen molar-refractivity contribution >= 4 is 0 Å². The summed E-state index contributed by atoms with van der Waals surface area (Å²) in [4.78, 5) is 0. The first-order valence-electron chi connectivity index (χ1n) is 7.42. The minimum absolute atomic E-state index is 0.248. The van der Waals surface area contributed by atoms with Gasteiger partial charge in [-0.3, -0.25) is 0 Å². The van der Waals surface area contributed by atoms with Gasteiger partial charge in [0.25, 0.3) is 0 Å². The van der Waals surface area contributed by atoms with Crippen molar-refractivity contribution in [3.63, 3.8) is 0 Å². The summed E-state index contributed by atoms with van der Waals surface area (Å²) in [5.41, 5.74) is 1.18. The SMILES string of the molecule is COCCNCc1ccccc1OCC1CCCCO1. The van der Waals surface area contributed by atoms with Crippen LogP contribution in [-0.4, -0.2) is 39.6 Å². The molecule has 1 aromatic carbocycles. The Morgan fingerprint density at radius 2 is 2.20 bits per heavy atom. The Morgan fingerprint density at radius 3 is 3.00 bits per heavy atom. The summed E-state index contributed by atoms with van der Waals surface area (Å²) in [5.74, 6) is 0.951. The largest absolute Gasteiger partial charge is 0.491 e. The maximum Gasteiger partial charge on any atom is 0.123 e. The van der Waals surface area contributed by atoms with Crippen molar-refractivity contribution in [3.8, 4) is 5.75 Å². The van der Waals surface area contributed by atoms with Crippen LogP contribution in [0.2, 0.25) is 0 Å². The van der Waals surface area contributed by atoms with Crippen LogP contribution >= 0.6 is 0 Å². The summed E-state index contributed by atoms with van der Waals surface area (Å²) < 4.78 is 16.7. The van der Waals surface area contributed by atoms with Gasteiger partial charge in [-0.25, -0.2) is 0 Å². The minimum Gasteiger partial charge on any atom is -0.491 e. The Hall–Kier alpha value is -1.10. The normalized spacial score (nSPS) is 18.9. The average Bonchev–Trinajstić information content (AvgIpc) is 2.51. The van der Waals surface area contributed by atoms with Gasteiger partial charge in [-0.15, -0.1) is 0 Å². The fraction of sp³-hybridized carbons (Fsp3) is 0.625. The maximum absolute atomic E-state index is 5.94. The second-order valence-corrected chi connectivity index (χ2v) is 5.08. The molecule has 4 nitrogen and oxygen atoms in total. The second-order valence-electron chi connectivity index (χ2n) is 5.08. The summed E-state index contributed by atoms with van der Waals surface area (Å²) in [6.07, 6.45) is 3.78. The molecule has 1 atom stereocenters. The zero-order valence-electron chi connectivity index (χ0n) is 12.3. The molecular formula is C16H25NO3. The lowest BCUT2D eigenvalue weighted by molar-refractivity contribution is -0.0112. The van der Waals surface area contributed by atoms with Gasteiger partial charge in [0, 0.05) is 32.4 Å². The molecule has 112 valence electrons. The van der Waals surface area contributed by atoms with Gasteiger partial charge in [0.15, 0.2) is 0 Å². The third-order valence-electron chi connectivity index (χ3n) is 3.47. The number of benzene rings is 1. The van der Waals surface area contributed by atoms with E-state index in [9.17, 15) is 0 Å². The Kier molecular flexibility index (Phi) is 6.84. The molecule has 2 rings (SSSR count). The monoisotopic (exact) mass is 279 g/mol. The molecule has 1 heterocycles. The van der Waals surface area contributed by atoms with Gasteiger partial charge < -0.3 is 19.5 Å². The summed E-state index contributed by atoms with van der Waals surface area (Å²) in [5, 5.41) is 3.34. The van der Waals surface area contributed by atoms with Gasteiger partial charge in [0.1, 0.15) is 12.4 Å². The standard InChI is InChI=1S/C16H25NO3/c1-18-11-9-17-12-14-6-2-3-8-16(14)20-13-15-7-4-5-10-19-15/h2-3,6,8,15,17H,4-5,7,9-13H2,1H3. The van der Waals surface area contributed by atoms with Crippen molar-refractivity contribution in [1.82, 2.24) is 5.32 Å². The number of ether oxygens (including phenoxy) is 3. The van der Waals surface area contributed by atoms with Crippen LogP contribution in [0.5, 0.6) is 5.75 Å². The molecule has 1 N–H and O–H groups in total. The van der Waals surface area contributed by atoms with Gasteiger partial charge in [-0.2, -0.15) is 0 Å². The third-order valence-corrected chi connectivity index (χ3v) is 3.47. The fourth-order valence-electron chi connectivity index (χ4n) is 2.31. The molecule has 0 bridgehead atoms. The van der Waals surface area contributed by atoms with Gasteiger partial charge >= 0.3 is 0 Å². The van der Waals surface area contributed by atoms with E-state index in [0.29, 0.717) is 6.61 Å². The predicted molar refractivity (Wildman–Crippen MR) is 79.1 cm³/mol. The lowest BCUT2D eigenvalue weighted by atomic mass is 10.1. The Morgan fingerprint density at radius 1 is 1.30 bits per heavy atom. The van der Waals surface area contributed by atoms with E-state index < -0.39 is 0 Å². The zero-order valence-corrected chi connectivity index (χ0v) is 12.3. The quantitative estimate of drug-likeness (QED) is 0.742. The van der Waals surface area contributed by atoms with Crippen LogP contribution in [0, 0.1) is 0 Å². The van der Waals surface area contributed by atoms with Crippen LogP contribution < -0.4 is 10.1 Å². The smallest absolute Gasteiger partial charge is 0.123 e. The lowest BCUT2D eigenvalue weighted by Gasteiger charge is -2.23. The van der Waals surface area contributed by atoms with E-state index in [1.165, 1.54) is 18.4 Å². The third kappa shape index (κ3) is 5.12. The van der Waals surface area contributed by atoms with Gasteiger partial charge in [-0.1, -0.05) is 18.2 Å². The van der Waals surface area contributed by atoms with Gasteiger partial charge in [0.05, 0.1) is 12.7 Å². The van der Waals surface area contributed by atoms with Crippen LogP contribution in [0.4, 0.5) is 0 Å². The first kappa shape index (κ1) is 15.3. The number of hydrogen-bond donors (Lipinski definition) is 1. The number of methoxy groups -OCH3 is 1. The molecule has 4 heteroatoms. The molecule has 0 spiro atoms. The highest BCUT2D eigenvalue weighted by molar-refractivity contribution is 5.33. The molecule has 0 aromatic heterocycles. The van der Waals surface area contributed by atoms with Crippen molar-refractivity contribution in [3.05, 3.63) is 29.8 Å². The molecule has 0 saturated carbocycles. The Balaban J connectivity index is 1.80. The van der Waals surface area contributed by atoms with E-state index in [0.717, 1.165) is 38.5 Å². The predicted octanol–water partition coefficient (Wildman–Crippen LogP) is 2.37. The van der Waals surface area contributed by atoms with Gasteiger partial charge in [-0.05, 0) is 25.3 Å². The molecule has 1 fully saturated rings. The number of nitrogens with one attached hydrogen (secondary N) is 1. The highest BCUT2D eigenvalue weighted by atomic mass is 16.5.